The molecule has 0 heterocycles. The predicted molar refractivity (Wildman–Crippen MR) is 69.3 cm³/mol. The van der Waals surface area contributed by atoms with E-state index in [-0.39, 0.29) is 0 Å². The molecule has 1 saturated carbocycles. The Morgan fingerprint density at radius 1 is 1.31 bits per heavy atom. The van der Waals surface area contributed by atoms with Crippen LogP contribution in [-0.4, -0.2) is 6.54 Å². The second-order valence-corrected chi connectivity index (χ2v) is 5.72. The molecule has 1 nitrogen and oxygen atoms in total. The molecule has 0 aromatic heterocycles. The summed E-state index contributed by atoms with van der Waals surface area (Å²) in [6.07, 6.45) is 1.32. The van der Waals surface area contributed by atoms with Crippen LogP contribution in [-0.2, 0) is 0 Å². The van der Waals surface area contributed by atoms with Gasteiger partial charge in [-0.05, 0) is 41.7 Å². The van der Waals surface area contributed by atoms with Crippen LogP contribution in [0.4, 0.5) is 0 Å². The summed E-state index contributed by atoms with van der Waals surface area (Å²) in [5.74, 6) is 2.19. The van der Waals surface area contributed by atoms with Crippen molar-refractivity contribution in [2.75, 3.05) is 6.54 Å². The number of nitrogens with two attached hydrogens (primary N) is 1. The van der Waals surface area contributed by atoms with Crippen molar-refractivity contribution in [1.29, 1.82) is 0 Å². The third-order valence-electron chi connectivity index (χ3n) is 4.62. The molecule has 0 spiro atoms. The fourth-order valence-electron chi connectivity index (χ4n) is 2.81. The lowest BCUT2D eigenvalue weighted by atomic mass is 9.73. The number of benzene rings is 1. The van der Waals surface area contributed by atoms with Crippen LogP contribution in [0, 0.1) is 17.3 Å². The average Bonchev–Trinajstić information content (AvgIpc) is 3.09. The molecule has 2 rings (SSSR count). The SMILES string of the molecule is CC(C)C(C)(CN)C1CC1c1ccccc1. The summed E-state index contributed by atoms with van der Waals surface area (Å²) in [6.45, 7) is 7.75. The maximum Gasteiger partial charge on any atom is -0.00178 e. The second-order valence-electron chi connectivity index (χ2n) is 5.72. The first-order valence-corrected chi connectivity index (χ1v) is 6.34. The number of hydrogen-bond acceptors (Lipinski definition) is 1. The maximum absolute atomic E-state index is 5.99. The first-order chi connectivity index (χ1) is 7.59. The Morgan fingerprint density at radius 2 is 1.94 bits per heavy atom. The van der Waals surface area contributed by atoms with Crippen LogP contribution in [0.2, 0.25) is 0 Å². The summed E-state index contributed by atoms with van der Waals surface area (Å²) < 4.78 is 0. The van der Waals surface area contributed by atoms with E-state index in [0.717, 1.165) is 18.4 Å². The topological polar surface area (TPSA) is 26.0 Å². The van der Waals surface area contributed by atoms with Gasteiger partial charge in [0.1, 0.15) is 0 Å². The molecular formula is C15H23N. The molecule has 2 N–H and O–H groups in total. The zero-order valence-corrected chi connectivity index (χ0v) is 10.6. The molecule has 1 aromatic rings. The standard InChI is InChI=1S/C15H23N/c1-11(2)15(3,10-16)14-9-13(14)12-7-5-4-6-8-12/h4-8,11,13-14H,9-10,16H2,1-3H3. The molecule has 3 atom stereocenters. The minimum atomic E-state index is 0.306. The van der Waals surface area contributed by atoms with Crippen molar-refractivity contribution < 1.29 is 0 Å². The highest BCUT2D eigenvalue weighted by Gasteiger charge is 2.50. The van der Waals surface area contributed by atoms with Crippen molar-refractivity contribution in [2.45, 2.75) is 33.1 Å². The van der Waals surface area contributed by atoms with E-state index in [4.69, 9.17) is 5.73 Å². The largest absolute Gasteiger partial charge is 0.330 e. The minimum Gasteiger partial charge on any atom is -0.330 e. The highest BCUT2D eigenvalue weighted by molar-refractivity contribution is 5.27. The summed E-state index contributed by atoms with van der Waals surface area (Å²) in [4.78, 5) is 0. The summed E-state index contributed by atoms with van der Waals surface area (Å²) >= 11 is 0. The molecule has 16 heavy (non-hydrogen) atoms. The van der Waals surface area contributed by atoms with E-state index in [9.17, 15) is 0 Å². The van der Waals surface area contributed by atoms with Gasteiger partial charge in [0.25, 0.3) is 0 Å². The summed E-state index contributed by atoms with van der Waals surface area (Å²) in [5, 5.41) is 0. The van der Waals surface area contributed by atoms with Gasteiger partial charge >= 0.3 is 0 Å². The fraction of sp³-hybridized carbons (Fsp3) is 0.600. The van der Waals surface area contributed by atoms with Gasteiger partial charge in [0.15, 0.2) is 0 Å². The zero-order valence-electron chi connectivity index (χ0n) is 10.6. The lowest BCUT2D eigenvalue weighted by Gasteiger charge is -2.33. The smallest absolute Gasteiger partial charge is 0.00178 e. The van der Waals surface area contributed by atoms with E-state index in [2.05, 4.69) is 51.1 Å². The van der Waals surface area contributed by atoms with E-state index in [1.165, 1.54) is 12.0 Å². The Balaban J connectivity index is 2.11. The van der Waals surface area contributed by atoms with Crippen LogP contribution >= 0.6 is 0 Å². The Morgan fingerprint density at radius 3 is 2.44 bits per heavy atom. The number of hydrogen-bond donors (Lipinski definition) is 1. The quantitative estimate of drug-likeness (QED) is 0.821. The molecule has 3 unspecified atom stereocenters. The lowest BCUT2D eigenvalue weighted by Crippen LogP contribution is -2.35. The molecule has 1 fully saturated rings. The van der Waals surface area contributed by atoms with E-state index < -0.39 is 0 Å². The Labute approximate surface area is 99.0 Å². The van der Waals surface area contributed by atoms with Gasteiger partial charge in [0, 0.05) is 0 Å². The number of rotatable bonds is 4. The van der Waals surface area contributed by atoms with Crippen LogP contribution in [0.1, 0.15) is 38.7 Å². The molecule has 1 aliphatic rings. The van der Waals surface area contributed by atoms with Crippen LogP contribution in [0.15, 0.2) is 30.3 Å². The molecule has 88 valence electrons. The van der Waals surface area contributed by atoms with Crippen molar-refractivity contribution in [3.63, 3.8) is 0 Å². The normalized spacial score (nSPS) is 27.8. The third kappa shape index (κ3) is 1.89. The first-order valence-electron chi connectivity index (χ1n) is 6.34. The van der Waals surface area contributed by atoms with Gasteiger partial charge in [-0.25, -0.2) is 0 Å². The fourth-order valence-corrected chi connectivity index (χ4v) is 2.81. The summed E-state index contributed by atoms with van der Waals surface area (Å²) in [6, 6.07) is 10.9. The third-order valence-corrected chi connectivity index (χ3v) is 4.62. The Hall–Kier alpha value is -0.820. The Kier molecular flexibility index (Phi) is 3.07. The second kappa shape index (κ2) is 4.21. The van der Waals surface area contributed by atoms with Gasteiger partial charge in [-0.2, -0.15) is 0 Å². The zero-order chi connectivity index (χ0) is 11.8. The molecule has 1 aromatic carbocycles. The van der Waals surface area contributed by atoms with Crippen molar-refractivity contribution in [2.24, 2.45) is 23.0 Å². The van der Waals surface area contributed by atoms with Gasteiger partial charge in [0.05, 0.1) is 0 Å². The van der Waals surface area contributed by atoms with E-state index >= 15 is 0 Å². The first kappa shape index (κ1) is 11.7. The summed E-state index contributed by atoms with van der Waals surface area (Å²) in [5.41, 5.74) is 7.79. The summed E-state index contributed by atoms with van der Waals surface area (Å²) in [7, 11) is 0. The van der Waals surface area contributed by atoms with Crippen LogP contribution in [0.5, 0.6) is 0 Å². The molecular weight excluding hydrogens is 194 g/mol. The van der Waals surface area contributed by atoms with E-state index in [1.54, 1.807) is 0 Å². The van der Waals surface area contributed by atoms with Gasteiger partial charge in [0.2, 0.25) is 0 Å². The molecule has 0 radical (unpaired) electrons. The van der Waals surface area contributed by atoms with Crippen molar-refractivity contribution in [1.82, 2.24) is 0 Å². The molecule has 0 bridgehead atoms. The average molecular weight is 217 g/mol. The van der Waals surface area contributed by atoms with Crippen LogP contribution in [0.25, 0.3) is 0 Å². The Bertz CT molecular complexity index is 344. The molecule has 1 heteroatoms. The van der Waals surface area contributed by atoms with Gasteiger partial charge < -0.3 is 5.73 Å². The maximum atomic E-state index is 5.99. The highest BCUT2D eigenvalue weighted by Crippen LogP contribution is 2.58. The minimum absolute atomic E-state index is 0.306. The predicted octanol–water partition coefficient (Wildman–Crippen LogP) is 3.41. The monoisotopic (exact) mass is 217 g/mol. The van der Waals surface area contributed by atoms with Crippen molar-refractivity contribution >= 4 is 0 Å². The molecule has 0 aliphatic heterocycles. The molecule has 1 aliphatic carbocycles. The van der Waals surface area contributed by atoms with Crippen molar-refractivity contribution in [3.05, 3.63) is 35.9 Å². The van der Waals surface area contributed by atoms with Crippen molar-refractivity contribution in [3.8, 4) is 0 Å². The van der Waals surface area contributed by atoms with E-state index in [1.807, 2.05) is 0 Å². The lowest BCUT2D eigenvalue weighted by molar-refractivity contribution is 0.185. The van der Waals surface area contributed by atoms with Gasteiger partial charge in [-0.15, -0.1) is 0 Å². The molecule has 0 saturated heterocycles. The van der Waals surface area contributed by atoms with Crippen LogP contribution < -0.4 is 5.73 Å². The van der Waals surface area contributed by atoms with Gasteiger partial charge in [-0.3, -0.25) is 0 Å². The molecule has 0 amide bonds. The van der Waals surface area contributed by atoms with Gasteiger partial charge in [-0.1, -0.05) is 51.1 Å². The van der Waals surface area contributed by atoms with Crippen LogP contribution in [0.3, 0.4) is 0 Å². The van der Waals surface area contributed by atoms with E-state index in [0.29, 0.717) is 11.3 Å². The highest BCUT2D eigenvalue weighted by atomic mass is 14.7.